The van der Waals surface area contributed by atoms with Gasteiger partial charge in [-0.2, -0.15) is 0 Å². The van der Waals surface area contributed by atoms with Crippen LogP contribution < -0.4 is 10.6 Å². The van der Waals surface area contributed by atoms with Crippen LogP contribution in [0.1, 0.15) is 30.6 Å². The van der Waals surface area contributed by atoms with Gasteiger partial charge in [0.15, 0.2) is 6.10 Å². The zero-order chi connectivity index (χ0) is 16.5. The van der Waals surface area contributed by atoms with Gasteiger partial charge in [0.2, 0.25) is 0 Å². The number of carbonyl (C=O) groups excluding carboxylic acids is 3. The molecule has 2 N–H and O–H groups in total. The van der Waals surface area contributed by atoms with E-state index in [1.54, 1.807) is 18.2 Å². The molecule has 22 heavy (non-hydrogen) atoms. The maximum absolute atomic E-state index is 11.9. The van der Waals surface area contributed by atoms with Gasteiger partial charge in [-0.25, -0.2) is 0 Å². The molecule has 0 radical (unpaired) electrons. The van der Waals surface area contributed by atoms with Gasteiger partial charge in [-0.15, -0.1) is 0 Å². The monoisotopic (exact) mass is 418 g/mol. The van der Waals surface area contributed by atoms with Crippen LogP contribution in [0.3, 0.4) is 0 Å². The molecule has 0 fully saturated rings. The molecule has 0 aliphatic carbocycles. The Morgan fingerprint density at radius 2 is 1.91 bits per heavy atom. The molecular weight excluding hydrogens is 399 g/mol. The smallest absolute Gasteiger partial charge is 0.326 e. The Bertz CT molecular complexity index is 548. The lowest BCUT2D eigenvalue weighted by atomic mass is 10.2. The topological polar surface area (TPSA) is 84.5 Å². The van der Waals surface area contributed by atoms with Gasteiger partial charge in [0, 0.05) is 10.1 Å². The lowest BCUT2D eigenvalue weighted by Crippen LogP contribution is -2.39. The van der Waals surface area contributed by atoms with Crippen molar-refractivity contribution in [1.82, 2.24) is 10.6 Å². The fourth-order valence-corrected chi connectivity index (χ4v) is 2.21. The Hall–Kier alpha value is -1.64. The van der Waals surface area contributed by atoms with Crippen LogP contribution in [0.25, 0.3) is 0 Å². The molecule has 0 bridgehead atoms. The molecule has 2 amide bonds. The van der Waals surface area contributed by atoms with E-state index < -0.39 is 12.1 Å². The molecule has 1 aromatic carbocycles. The predicted molar refractivity (Wildman–Crippen MR) is 90.3 cm³/mol. The van der Waals surface area contributed by atoms with E-state index in [1.165, 1.54) is 6.92 Å². The number of rotatable bonds is 7. The van der Waals surface area contributed by atoms with Crippen LogP contribution in [0.4, 0.5) is 0 Å². The number of hydrogen-bond donors (Lipinski definition) is 2. The molecule has 0 aromatic heterocycles. The number of carbonyl (C=O) groups is 3. The second-order valence-electron chi connectivity index (χ2n) is 4.59. The molecule has 1 atom stereocenters. The van der Waals surface area contributed by atoms with E-state index in [0.29, 0.717) is 12.1 Å². The summed E-state index contributed by atoms with van der Waals surface area (Å²) < 4.78 is 5.75. The molecule has 0 saturated heterocycles. The van der Waals surface area contributed by atoms with Crippen molar-refractivity contribution in [2.24, 2.45) is 0 Å². The number of hydrogen-bond acceptors (Lipinski definition) is 4. The SMILES string of the molecule is CCCNC(=O)[C@@H](C)OC(=O)CNC(=O)c1ccccc1I. The van der Waals surface area contributed by atoms with Gasteiger partial charge in [0.05, 0.1) is 5.56 Å². The third-order valence-corrected chi connectivity index (χ3v) is 3.68. The maximum Gasteiger partial charge on any atom is 0.326 e. The molecule has 120 valence electrons. The molecule has 6 nitrogen and oxygen atoms in total. The Balaban J connectivity index is 2.41. The number of ether oxygens (including phenoxy) is 1. The van der Waals surface area contributed by atoms with Gasteiger partial charge in [-0.3, -0.25) is 14.4 Å². The van der Waals surface area contributed by atoms with Crippen molar-refractivity contribution in [3.05, 3.63) is 33.4 Å². The highest BCUT2D eigenvalue weighted by Gasteiger charge is 2.18. The van der Waals surface area contributed by atoms with Crippen molar-refractivity contribution >= 4 is 40.4 Å². The van der Waals surface area contributed by atoms with Crippen LogP contribution >= 0.6 is 22.6 Å². The highest BCUT2D eigenvalue weighted by molar-refractivity contribution is 14.1. The minimum absolute atomic E-state index is 0.283. The summed E-state index contributed by atoms with van der Waals surface area (Å²) in [7, 11) is 0. The molecule has 1 rings (SSSR count). The van der Waals surface area contributed by atoms with Crippen LogP contribution in [-0.2, 0) is 14.3 Å². The first-order valence-corrected chi connectivity index (χ1v) is 8.03. The van der Waals surface area contributed by atoms with Crippen LogP contribution in [0.5, 0.6) is 0 Å². The van der Waals surface area contributed by atoms with Crippen molar-refractivity contribution in [2.75, 3.05) is 13.1 Å². The molecule has 0 spiro atoms. The minimum Gasteiger partial charge on any atom is -0.451 e. The summed E-state index contributed by atoms with van der Waals surface area (Å²) in [5.74, 6) is -1.36. The van der Waals surface area contributed by atoms with Gasteiger partial charge in [-0.05, 0) is 48.1 Å². The Kier molecular flexibility index (Phi) is 7.86. The van der Waals surface area contributed by atoms with Crippen LogP contribution in [0, 0.1) is 3.57 Å². The minimum atomic E-state index is -0.882. The third kappa shape index (κ3) is 6.00. The lowest BCUT2D eigenvalue weighted by molar-refractivity contribution is -0.153. The van der Waals surface area contributed by atoms with Crippen LogP contribution in [0.2, 0.25) is 0 Å². The van der Waals surface area contributed by atoms with E-state index in [2.05, 4.69) is 10.6 Å². The number of halogens is 1. The second kappa shape index (κ2) is 9.39. The molecule has 0 heterocycles. The molecular formula is C15H19IN2O4. The summed E-state index contributed by atoms with van der Waals surface area (Å²) in [5, 5.41) is 5.11. The summed E-state index contributed by atoms with van der Waals surface area (Å²) in [5.41, 5.74) is 0.490. The first kappa shape index (κ1) is 18.4. The quantitative estimate of drug-likeness (QED) is 0.519. The summed E-state index contributed by atoms with van der Waals surface area (Å²) in [6.45, 7) is 3.67. The van der Waals surface area contributed by atoms with Crippen molar-refractivity contribution < 1.29 is 19.1 Å². The summed E-state index contributed by atoms with van der Waals surface area (Å²) in [6, 6.07) is 7.04. The molecule has 7 heteroatoms. The second-order valence-corrected chi connectivity index (χ2v) is 5.75. The van der Waals surface area contributed by atoms with E-state index in [9.17, 15) is 14.4 Å². The zero-order valence-corrected chi connectivity index (χ0v) is 14.7. The summed E-state index contributed by atoms with van der Waals surface area (Å²) in [4.78, 5) is 35.1. The molecule has 0 aliphatic heterocycles. The Morgan fingerprint density at radius 3 is 2.55 bits per heavy atom. The van der Waals surface area contributed by atoms with Gasteiger partial charge >= 0.3 is 5.97 Å². The van der Waals surface area contributed by atoms with Crippen molar-refractivity contribution in [3.63, 3.8) is 0 Å². The molecule has 1 aromatic rings. The fraction of sp³-hybridized carbons (Fsp3) is 0.400. The average molecular weight is 418 g/mol. The molecule has 0 aliphatic rings. The van der Waals surface area contributed by atoms with E-state index >= 15 is 0 Å². The number of amides is 2. The van der Waals surface area contributed by atoms with E-state index in [4.69, 9.17) is 4.74 Å². The van der Waals surface area contributed by atoms with Gasteiger partial charge in [0.25, 0.3) is 11.8 Å². The Morgan fingerprint density at radius 1 is 1.23 bits per heavy atom. The zero-order valence-electron chi connectivity index (χ0n) is 12.5. The number of benzene rings is 1. The van der Waals surface area contributed by atoms with Gasteiger partial charge < -0.3 is 15.4 Å². The van der Waals surface area contributed by atoms with Gasteiger partial charge in [-0.1, -0.05) is 19.1 Å². The molecule has 0 saturated carbocycles. The first-order chi connectivity index (χ1) is 10.5. The van der Waals surface area contributed by atoms with E-state index in [0.717, 1.165) is 9.99 Å². The highest BCUT2D eigenvalue weighted by Crippen LogP contribution is 2.10. The predicted octanol–water partition coefficient (Wildman–Crippen LogP) is 1.48. The fourth-order valence-electron chi connectivity index (χ4n) is 1.58. The van der Waals surface area contributed by atoms with Crippen molar-refractivity contribution in [3.8, 4) is 0 Å². The number of nitrogens with one attached hydrogen (secondary N) is 2. The Labute approximate surface area is 143 Å². The van der Waals surface area contributed by atoms with Gasteiger partial charge in [0.1, 0.15) is 6.54 Å². The van der Waals surface area contributed by atoms with Crippen molar-refractivity contribution in [2.45, 2.75) is 26.4 Å². The number of esters is 1. The largest absolute Gasteiger partial charge is 0.451 e. The summed E-state index contributed by atoms with van der Waals surface area (Å²) >= 11 is 2.04. The third-order valence-electron chi connectivity index (χ3n) is 2.74. The average Bonchev–Trinajstić information content (AvgIpc) is 2.50. The standard InChI is InChI=1S/C15H19IN2O4/c1-3-8-17-14(20)10(2)22-13(19)9-18-15(21)11-6-4-5-7-12(11)16/h4-7,10H,3,8-9H2,1-2H3,(H,17,20)(H,18,21)/t10-/m1/s1. The van der Waals surface area contributed by atoms with Crippen LogP contribution in [0.15, 0.2) is 24.3 Å². The normalized spacial score (nSPS) is 11.4. The molecule has 0 unspecified atom stereocenters. The maximum atomic E-state index is 11.9. The van der Waals surface area contributed by atoms with Crippen LogP contribution in [-0.4, -0.2) is 37.0 Å². The first-order valence-electron chi connectivity index (χ1n) is 6.95. The highest BCUT2D eigenvalue weighted by atomic mass is 127. The van der Waals surface area contributed by atoms with Crippen molar-refractivity contribution in [1.29, 1.82) is 0 Å². The summed E-state index contributed by atoms with van der Waals surface area (Å²) in [6.07, 6.45) is -0.0779. The lowest BCUT2D eigenvalue weighted by Gasteiger charge is -2.13. The van der Waals surface area contributed by atoms with E-state index in [1.807, 2.05) is 35.6 Å². The van der Waals surface area contributed by atoms with E-state index in [-0.39, 0.29) is 18.4 Å².